The first-order valence-electron chi connectivity index (χ1n) is 3.15. The molecule has 0 aliphatic rings. The Balaban J connectivity index is 4.13. The Kier molecular flexibility index (Phi) is 5.44. The first-order chi connectivity index (χ1) is 6.19. The van der Waals surface area contributed by atoms with Crippen LogP contribution in [0.15, 0.2) is 0 Å². The lowest BCUT2D eigenvalue weighted by Gasteiger charge is -2.20. The fourth-order valence-electron chi connectivity index (χ4n) is 0.426. The molecule has 0 saturated heterocycles. The van der Waals surface area contributed by atoms with Crippen LogP contribution in [0.5, 0.6) is 0 Å². The first kappa shape index (κ1) is 14.2. The van der Waals surface area contributed by atoms with E-state index in [2.05, 4.69) is 9.47 Å². The van der Waals surface area contributed by atoms with Crippen LogP contribution < -0.4 is 0 Å². The van der Waals surface area contributed by atoms with Crippen LogP contribution in [0.4, 0.5) is 26.3 Å². The van der Waals surface area contributed by atoms with Crippen molar-refractivity contribution in [2.45, 2.75) is 18.8 Å². The molecule has 2 nitrogen and oxygen atoms in total. The molecular weight excluding hydrogens is 333 g/mol. The Bertz CT molecular complexity index is 172. The van der Waals surface area contributed by atoms with Crippen LogP contribution in [-0.4, -0.2) is 29.9 Å². The number of hydrogen-bond donors (Lipinski definition) is 0. The summed E-state index contributed by atoms with van der Waals surface area (Å²) in [6, 6.07) is 0. The van der Waals surface area contributed by atoms with Crippen LogP contribution in [0.1, 0.15) is 0 Å². The SMILES string of the molecule is FC(OC(F)(F)F)C(F)(F)OCCI. The second-order valence-corrected chi connectivity index (χ2v) is 3.06. The van der Waals surface area contributed by atoms with E-state index in [1.165, 1.54) is 0 Å². The van der Waals surface area contributed by atoms with E-state index < -0.39 is 25.4 Å². The Hall–Kier alpha value is 0.230. The van der Waals surface area contributed by atoms with Gasteiger partial charge in [0.15, 0.2) is 0 Å². The summed E-state index contributed by atoms with van der Waals surface area (Å²) >= 11 is 1.64. The van der Waals surface area contributed by atoms with E-state index in [0.29, 0.717) is 0 Å². The largest absolute Gasteiger partial charge is 0.525 e. The zero-order chi connectivity index (χ0) is 11.4. The molecule has 0 fully saturated rings. The molecule has 0 aromatic carbocycles. The molecule has 0 aromatic rings. The first-order valence-corrected chi connectivity index (χ1v) is 4.68. The van der Waals surface area contributed by atoms with Crippen LogP contribution in [-0.2, 0) is 9.47 Å². The van der Waals surface area contributed by atoms with Crippen LogP contribution in [0.2, 0.25) is 0 Å². The van der Waals surface area contributed by atoms with Gasteiger partial charge >= 0.3 is 12.5 Å². The van der Waals surface area contributed by atoms with Gasteiger partial charge in [0.05, 0.1) is 6.61 Å². The second kappa shape index (κ2) is 5.35. The Morgan fingerprint density at radius 1 is 1.14 bits per heavy atom. The van der Waals surface area contributed by atoms with Gasteiger partial charge in [-0.3, -0.25) is 0 Å². The normalized spacial score (nSPS) is 15.6. The Labute approximate surface area is 88.7 Å². The van der Waals surface area contributed by atoms with E-state index >= 15 is 0 Å². The van der Waals surface area contributed by atoms with E-state index in [0.717, 1.165) is 0 Å². The third-order valence-corrected chi connectivity index (χ3v) is 1.31. The highest BCUT2D eigenvalue weighted by Crippen LogP contribution is 2.30. The number of rotatable bonds is 5. The maximum absolute atomic E-state index is 12.3. The number of halogens is 7. The molecule has 1 unspecified atom stereocenters. The molecule has 0 radical (unpaired) electrons. The minimum Gasteiger partial charge on any atom is -0.315 e. The van der Waals surface area contributed by atoms with Crippen LogP contribution >= 0.6 is 22.6 Å². The van der Waals surface area contributed by atoms with Crippen molar-refractivity contribution in [3.8, 4) is 0 Å². The molecule has 0 saturated carbocycles. The topological polar surface area (TPSA) is 18.5 Å². The molecule has 14 heavy (non-hydrogen) atoms. The van der Waals surface area contributed by atoms with Gasteiger partial charge in [0, 0.05) is 4.43 Å². The van der Waals surface area contributed by atoms with Gasteiger partial charge in [0.25, 0.3) is 6.36 Å². The maximum atomic E-state index is 12.3. The van der Waals surface area contributed by atoms with Gasteiger partial charge in [0.2, 0.25) is 0 Å². The average Bonchev–Trinajstić information content (AvgIpc) is 1.97. The summed E-state index contributed by atoms with van der Waals surface area (Å²) in [5.41, 5.74) is 0. The van der Waals surface area contributed by atoms with Crippen molar-refractivity contribution < 1.29 is 35.8 Å². The van der Waals surface area contributed by atoms with Crippen LogP contribution in [0.25, 0.3) is 0 Å². The monoisotopic (exact) mass is 338 g/mol. The molecule has 86 valence electrons. The fraction of sp³-hybridized carbons (Fsp3) is 1.00. The molecule has 0 rings (SSSR count). The molecule has 0 amide bonds. The Morgan fingerprint density at radius 2 is 1.64 bits per heavy atom. The van der Waals surface area contributed by atoms with Crippen molar-refractivity contribution in [2.24, 2.45) is 0 Å². The van der Waals surface area contributed by atoms with Crippen LogP contribution in [0, 0.1) is 0 Å². The molecule has 0 aliphatic carbocycles. The molecule has 0 bridgehead atoms. The van der Waals surface area contributed by atoms with Gasteiger partial charge in [-0.15, -0.1) is 13.2 Å². The van der Waals surface area contributed by atoms with Crippen molar-refractivity contribution in [1.82, 2.24) is 0 Å². The second-order valence-electron chi connectivity index (χ2n) is 1.98. The highest BCUT2D eigenvalue weighted by Gasteiger charge is 2.49. The minimum absolute atomic E-state index is 0.0894. The predicted molar refractivity (Wildman–Crippen MR) is 41.8 cm³/mol. The minimum atomic E-state index is -5.46. The molecule has 9 heteroatoms. The van der Waals surface area contributed by atoms with E-state index in [1.54, 1.807) is 22.6 Å². The average molecular weight is 338 g/mol. The zero-order valence-electron chi connectivity index (χ0n) is 6.45. The van der Waals surface area contributed by atoms with Gasteiger partial charge in [-0.2, -0.15) is 8.78 Å². The Morgan fingerprint density at radius 3 is 2.00 bits per heavy atom. The summed E-state index contributed by atoms with van der Waals surface area (Å²) in [5.74, 6) is 0. The van der Waals surface area contributed by atoms with Crippen molar-refractivity contribution in [3.63, 3.8) is 0 Å². The summed E-state index contributed by atoms with van der Waals surface area (Å²) in [5, 5.41) is 0. The highest BCUT2D eigenvalue weighted by atomic mass is 127. The highest BCUT2D eigenvalue weighted by molar-refractivity contribution is 14.1. The molecule has 0 spiro atoms. The quantitative estimate of drug-likeness (QED) is 0.436. The van der Waals surface area contributed by atoms with Crippen molar-refractivity contribution in [2.75, 3.05) is 11.0 Å². The van der Waals surface area contributed by atoms with Crippen molar-refractivity contribution >= 4 is 22.6 Å². The van der Waals surface area contributed by atoms with E-state index in [-0.39, 0.29) is 4.43 Å². The van der Waals surface area contributed by atoms with Crippen LogP contribution in [0.3, 0.4) is 0 Å². The molecule has 0 heterocycles. The summed E-state index contributed by atoms with van der Waals surface area (Å²) in [6.07, 6.45) is -13.9. The van der Waals surface area contributed by atoms with Gasteiger partial charge in [-0.25, -0.2) is 9.13 Å². The van der Waals surface area contributed by atoms with Gasteiger partial charge in [-0.1, -0.05) is 22.6 Å². The third kappa shape index (κ3) is 5.86. The van der Waals surface area contributed by atoms with Gasteiger partial charge < -0.3 is 4.74 Å². The molecule has 1 atom stereocenters. The standard InChI is InChI=1S/C5H5F6IO2/c6-3(14-5(9,10)11)4(7,8)13-2-1-12/h3H,1-2H2. The van der Waals surface area contributed by atoms with E-state index in [1.807, 2.05) is 0 Å². The van der Waals surface area contributed by atoms with Crippen molar-refractivity contribution in [1.29, 1.82) is 0 Å². The summed E-state index contributed by atoms with van der Waals surface area (Å²) in [6.45, 7) is -0.574. The number of hydrogen-bond acceptors (Lipinski definition) is 2. The number of ether oxygens (including phenoxy) is 2. The molecule has 0 aromatic heterocycles. The fourth-order valence-corrected chi connectivity index (χ4v) is 0.646. The summed E-state index contributed by atoms with van der Waals surface area (Å²) in [4.78, 5) is 0. The lowest BCUT2D eigenvalue weighted by molar-refractivity contribution is -0.422. The molecule has 0 N–H and O–H groups in total. The number of alkyl halides is 7. The summed E-state index contributed by atoms with van der Waals surface area (Å²) in [7, 11) is 0. The van der Waals surface area contributed by atoms with E-state index in [4.69, 9.17) is 0 Å². The lowest BCUT2D eigenvalue weighted by atomic mass is 10.6. The third-order valence-electron chi connectivity index (χ3n) is 0.873. The van der Waals surface area contributed by atoms with Gasteiger partial charge in [-0.05, 0) is 0 Å². The smallest absolute Gasteiger partial charge is 0.315 e. The zero-order valence-corrected chi connectivity index (χ0v) is 8.61. The maximum Gasteiger partial charge on any atom is 0.525 e. The van der Waals surface area contributed by atoms with E-state index in [9.17, 15) is 26.3 Å². The van der Waals surface area contributed by atoms with Gasteiger partial charge in [0.1, 0.15) is 0 Å². The van der Waals surface area contributed by atoms with Crippen molar-refractivity contribution in [3.05, 3.63) is 0 Å². The molecule has 0 aliphatic heterocycles. The summed E-state index contributed by atoms with van der Waals surface area (Å²) < 4.78 is 76.8. The molecular formula is C5H5F6IO2. The predicted octanol–water partition coefficient (Wildman–Crippen LogP) is 2.86. The lowest BCUT2D eigenvalue weighted by Crippen LogP contribution is -2.39.